The zero-order valence-corrected chi connectivity index (χ0v) is 10.3. The lowest BCUT2D eigenvalue weighted by molar-refractivity contribution is -0.138. The number of alkyl halides is 3. The first-order valence-electron chi connectivity index (χ1n) is 5.48. The minimum Gasteiger partial charge on any atom is -0.508 e. The molecule has 2 N–H and O–H groups in total. The number of phenolic OH excluding ortho intramolecular Hbond substituents is 1. The number of hydrogen-bond donors (Lipinski definition) is 2. The van der Waals surface area contributed by atoms with Crippen molar-refractivity contribution in [3.05, 3.63) is 28.3 Å². The summed E-state index contributed by atoms with van der Waals surface area (Å²) in [5.74, 6) is -1.67. The summed E-state index contributed by atoms with van der Waals surface area (Å²) in [5.41, 5.74) is -1.79. The highest BCUT2D eigenvalue weighted by molar-refractivity contribution is 6.31. The van der Waals surface area contributed by atoms with Gasteiger partial charge >= 0.3 is 12.1 Å². The van der Waals surface area contributed by atoms with Crippen LogP contribution in [-0.4, -0.2) is 16.2 Å². The number of phenols is 1. The lowest BCUT2D eigenvalue weighted by atomic mass is 9.90. The van der Waals surface area contributed by atoms with Gasteiger partial charge in [0, 0.05) is 16.0 Å². The number of hydrogen-bond acceptors (Lipinski definition) is 2. The van der Waals surface area contributed by atoms with Crippen molar-refractivity contribution in [2.24, 2.45) is 0 Å². The van der Waals surface area contributed by atoms with E-state index in [1.165, 1.54) is 0 Å². The Bertz CT molecular complexity index is 513. The van der Waals surface area contributed by atoms with Crippen molar-refractivity contribution in [1.29, 1.82) is 0 Å². The van der Waals surface area contributed by atoms with Crippen LogP contribution in [-0.2, 0) is 16.4 Å². The fourth-order valence-corrected chi connectivity index (χ4v) is 2.65. The van der Waals surface area contributed by atoms with E-state index in [0.717, 1.165) is 6.07 Å². The minimum atomic E-state index is -4.61. The van der Waals surface area contributed by atoms with Crippen molar-refractivity contribution in [2.45, 2.75) is 30.9 Å². The quantitative estimate of drug-likeness (QED) is 0.896. The smallest absolute Gasteiger partial charge is 0.416 e. The molecule has 19 heavy (non-hydrogen) atoms. The fourth-order valence-electron chi connectivity index (χ4n) is 2.24. The molecule has 0 bridgehead atoms. The molecule has 0 atom stereocenters. The summed E-state index contributed by atoms with van der Waals surface area (Å²) in [5, 5.41) is 18.3. The zero-order chi connectivity index (χ0) is 14.4. The van der Waals surface area contributed by atoms with Gasteiger partial charge < -0.3 is 10.2 Å². The van der Waals surface area contributed by atoms with Gasteiger partial charge in [-0.2, -0.15) is 13.2 Å². The molecule has 0 aromatic heterocycles. The van der Waals surface area contributed by atoms with Crippen LogP contribution in [0.3, 0.4) is 0 Å². The van der Waals surface area contributed by atoms with Crippen LogP contribution < -0.4 is 0 Å². The first-order chi connectivity index (χ1) is 8.66. The Labute approximate surface area is 111 Å². The van der Waals surface area contributed by atoms with Crippen LogP contribution in [0.5, 0.6) is 5.75 Å². The second-order valence-electron chi connectivity index (χ2n) is 4.70. The van der Waals surface area contributed by atoms with Crippen LogP contribution in [0.4, 0.5) is 13.2 Å². The van der Waals surface area contributed by atoms with E-state index >= 15 is 0 Å². The highest BCUT2D eigenvalue weighted by atomic mass is 35.5. The predicted octanol–water partition coefficient (Wildman–Crippen LogP) is 3.57. The summed E-state index contributed by atoms with van der Waals surface area (Å²) < 4.78 is 37.6. The van der Waals surface area contributed by atoms with E-state index < -0.39 is 28.9 Å². The number of carboxylic acids is 1. The fraction of sp³-hybridized carbons (Fsp3) is 0.417. The molecule has 1 aromatic carbocycles. The molecule has 7 heteroatoms. The Kier molecular flexibility index (Phi) is 3.16. The maximum absolute atomic E-state index is 12.5. The second-order valence-corrected chi connectivity index (χ2v) is 5.11. The average Bonchev–Trinajstić information content (AvgIpc) is 2.94. The molecule has 0 amide bonds. The van der Waals surface area contributed by atoms with Gasteiger partial charge in [0.1, 0.15) is 5.75 Å². The van der Waals surface area contributed by atoms with Crippen molar-refractivity contribution >= 4 is 17.6 Å². The Balaban J connectivity index is 2.46. The molecule has 0 spiro atoms. The second kappa shape index (κ2) is 4.30. The molecule has 0 radical (unpaired) electrons. The van der Waals surface area contributed by atoms with Crippen LogP contribution in [0.1, 0.15) is 30.4 Å². The first kappa shape index (κ1) is 14.0. The molecule has 0 aliphatic heterocycles. The molecule has 2 rings (SSSR count). The van der Waals surface area contributed by atoms with E-state index in [1.54, 1.807) is 0 Å². The standard InChI is InChI=1S/C12H10ClF3O3/c13-7-3-6(12(14,15)16)4-8(17)10(7)11(1-2-11)5-9(18)19/h3-4,17H,1-2,5H2,(H,18,19). The molecular weight excluding hydrogens is 285 g/mol. The highest BCUT2D eigenvalue weighted by Crippen LogP contribution is 2.56. The normalized spacial score (nSPS) is 17.3. The summed E-state index contributed by atoms with van der Waals surface area (Å²) in [6, 6.07) is 1.31. The van der Waals surface area contributed by atoms with Gasteiger partial charge in [-0.15, -0.1) is 0 Å². The third-order valence-electron chi connectivity index (χ3n) is 3.27. The highest BCUT2D eigenvalue weighted by Gasteiger charge is 2.49. The maximum atomic E-state index is 12.5. The number of aliphatic carboxylic acids is 1. The molecule has 104 valence electrons. The van der Waals surface area contributed by atoms with Gasteiger partial charge in [0.15, 0.2) is 0 Å². The first-order valence-corrected chi connectivity index (χ1v) is 5.85. The van der Waals surface area contributed by atoms with Crippen molar-refractivity contribution in [2.75, 3.05) is 0 Å². The van der Waals surface area contributed by atoms with Crippen LogP contribution in [0.15, 0.2) is 12.1 Å². The Morgan fingerprint density at radius 1 is 1.37 bits per heavy atom. The van der Waals surface area contributed by atoms with E-state index in [1.807, 2.05) is 0 Å². The molecule has 0 saturated heterocycles. The molecule has 3 nitrogen and oxygen atoms in total. The van der Waals surface area contributed by atoms with Crippen LogP contribution in [0.25, 0.3) is 0 Å². The van der Waals surface area contributed by atoms with E-state index in [2.05, 4.69) is 0 Å². The van der Waals surface area contributed by atoms with Crippen molar-refractivity contribution < 1.29 is 28.2 Å². The van der Waals surface area contributed by atoms with Gasteiger partial charge in [-0.05, 0) is 25.0 Å². The Hall–Kier alpha value is -1.43. The third kappa shape index (κ3) is 2.63. The molecule has 0 unspecified atom stereocenters. The number of carboxylic acid groups (broad SMARTS) is 1. The van der Waals surface area contributed by atoms with Crippen LogP contribution in [0.2, 0.25) is 5.02 Å². The summed E-state index contributed by atoms with van der Waals surface area (Å²) in [7, 11) is 0. The number of benzene rings is 1. The average molecular weight is 295 g/mol. The van der Waals surface area contributed by atoms with Crippen LogP contribution in [0, 0.1) is 0 Å². The topological polar surface area (TPSA) is 57.5 Å². The number of halogens is 4. The Morgan fingerprint density at radius 3 is 2.32 bits per heavy atom. The molecule has 1 fully saturated rings. The molecule has 1 saturated carbocycles. The molecular formula is C12H10ClF3O3. The van der Waals surface area contributed by atoms with Gasteiger partial charge in [-0.1, -0.05) is 11.6 Å². The van der Waals surface area contributed by atoms with Gasteiger partial charge in [0.25, 0.3) is 0 Å². The Morgan fingerprint density at radius 2 is 1.95 bits per heavy atom. The SMILES string of the molecule is O=C(O)CC1(c2c(O)cc(C(F)(F)F)cc2Cl)CC1. The minimum absolute atomic E-state index is 0.101. The summed E-state index contributed by atoms with van der Waals surface area (Å²) >= 11 is 5.80. The summed E-state index contributed by atoms with van der Waals surface area (Å²) in [6.07, 6.45) is -3.90. The summed E-state index contributed by atoms with van der Waals surface area (Å²) in [6.45, 7) is 0. The van der Waals surface area contributed by atoms with Gasteiger partial charge in [0.2, 0.25) is 0 Å². The van der Waals surface area contributed by atoms with Crippen LogP contribution >= 0.6 is 11.6 Å². The van der Waals surface area contributed by atoms with E-state index in [-0.39, 0.29) is 17.0 Å². The molecule has 1 aromatic rings. The van der Waals surface area contributed by atoms with E-state index in [0.29, 0.717) is 18.9 Å². The van der Waals surface area contributed by atoms with E-state index in [9.17, 15) is 23.1 Å². The van der Waals surface area contributed by atoms with E-state index in [4.69, 9.17) is 16.7 Å². The van der Waals surface area contributed by atoms with Gasteiger partial charge in [-0.3, -0.25) is 4.79 Å². The van der Waals surface area contributed by atoms with Gasteiger partial charge in [0.05, 0.1) is 12.0 Å². The number of carbonyl (C=O) groups is 1. The summed E-state index contributed by atoms with van der Waals surface area (Å²) in [4.78, 5) is 10.8. The lowest BCUT2D eigenvalue weighted by Gasteiger charge is -2.18. The predicted molar refractivity (Wildman–Crippen MR) is 61.3 cm³/mol. The maximum Gasteiger partial charge on any atom is 0.416 e. The molecule has 0 heterocycles. The third-order valence-corrected chi connectivity index (χ3v) is 3.57. The van der Waals surface area contributed by atoms with Gasteiger partial charge in [-0.25, -0.2) is 0 Å². The van der Waals surface area contributed by atoms with Crippen molar-refractivity contribution in [1.82, 2.24) is 0 Å². The monoisotopic (exact) mass is 294 g/mol. The molecule has 1 aliphatic carbocycles. The zero-order valence-electron chi connectivity index (χ0n) is 9.59. The largest absolute Gasteiger partial charge is 0.508 e. The molecule has 1 aliphatic rings. The lowest BCUT2D eigenvalue weighted by Crippen LogP contribution is -2.15. The number of aromatic hydroxyl groups is 1. The number of rotatable bonds is 3. The van der Waals surface area contributed by atoms with Crippen molar-refractivity contribution in [3.63, 3.8) is 0 Å². The van der Waals surface area contributed by atoms with Crippen molar-refractivity contribution in [3.8, 4) is 5.75 Å².